The minimum absolute atomic E-state index is 0.107. The van der Waals surface area contributed by atoms with Gasteiger partial charge in [-0.2, -0.15) is 5.10 Å². The summed E-state index contributed by atoms with van der Waals surface area (Å²) in [6.07, 6.45) is 1.61. The topological polar surface area (TPSA) is 78.1 Å². The number of methoxy groups -OCH3 is 1. The summed E-state index contributed by atoms with van der Waals surface area (Å²) in [5.74, 6) is 2.10. The molecule has 0 unspecified atom stereocenters. The Morgan fingerprint density at radius 1 is 1.17 bits per heavy atom. The lowest BCUT2D eigenvalue weighted by atomic mass is 9.87. The fraction of sp³-hybridized carbons (Fsp3) is 0.333. The molecule has 8 heteroatoms. The van der Waals surface area contributed by atoms with Crippen molar-refractivity contribution in [3.63, 3.8) is 0 Å². The van der Waals surface area contributed by atoms with E-state index in [9.17, 15) is 0 Å². The van der Waals surface area contributed by atoms with Crippen molar-refractivity contribution in [1.82, 2.24) is 5.43 Å². The highest BCUT2D eigenvalue weighted by Crippen LogP contribution is 2.33. The Morgan fingerprint density at radius 2 is 1.83 bits per heavy atom. The highest BCUT2D eigenvalue weighted by atomic mass is 127. The standard InChI is InChI=1S/C21H26IN3O3S/c1-21(2,3)15-5-7-16(8-6-15)27-9-10-28-19-17(22)11-14(12-18(19)26-4)13-24-25-20(23)29/h5-8,11-13H,9-10H2,1-4H3,(H3,23,25,29)/b24-13+. The first-order valence-electron chi connectivity index (χ1n) is 9.03. The minimum Gasteiger partial charge on any atom is -0.493 e. The van der Waals surface area contributed by atoms with Gasteiger partial charge in [0.2, 0.25) is 0 Å². The van der Waals surface area contributed by atoms with Crippen LogP contribution in [0, 0.1) is 3.57 Å². The molecule has 2 aromatic rings. The first-order valence-corrected chi connectivity index (χ1v) is 10.5. The average molecular weight is 527 g/mol. The molecule has 0 fully saturated rings. The zero-order chi connectivity index (χ0) is 21.4. The molecule has 0 atom stereocenters. The van der Waals surface area contributed by atoms with Gasteiger partial charge in [0.1, 0.15) is 19.0 Å². The normalized spacial score (nSPS) is 11.3. The zero-order valence-electron chi connectivity index (χ0n) is 17.0. The molecule has 29 heavy (non-hydrogen) atoms. The van der Waals surface area contributed by atoms with Gasteiger partial charge < -0.3 is 19.9 Å². The fourth-order valence-electron chi connectivity index (χ4n) is 2.48. The number of nitrogens with zero attached hydrogens (tertiary/aromatic N) is 1. The number of hydrazone groups is 1. The monoisotopic (exact) mass is 527 g/mol. The minimum atomic E-state index is 0.107. The van der Waals surface area contributed by atoms with E-state index < -0.39 is 0 Å². The molecule has 0 aromatic heterocycles. The fourth-order valence-corrected chi connectivity index (χ4v) is 3.31. The van der Waals surface area contributed by atoms with Crippen LogP contribution in [0.3, 0.4) is 0 Å². The number of hydrogen-bond donors (Lipinski definition) is 2. The van der Waals surface area contributed by atoms with Crippen LogP contribution in [0.25, 0.3) is 0 Å². The summed E-state index contributed by atoms with van der Waals surface area (Å²) in [5, 5.41) is 4.06. The summed E-state index contributed by atoms with van der Waals surface area (Å²) in [6.45, 7) is 7.38. The van der Waals surface area contributed by atoms with Crippen LogP contribution in [-0.4, -0.2) is 31.7 Å². The molecule has 0 aliphatic carbocycles. The third kappa shape index (κ3) is 7.36. The van der Waals surface area contributed by atoms with Crippen molar-refractivity contribution in [1.29, 1.82) is 0 Å². The second kappa shape index (κ2) is 10.6. The van der Waals surface area contributed by atoms with E-state index in [0.29, 0.717) is 24.7 Å². The molecule has 156 valence electrons. The van der Waals surface area contributed by atoms with Crippen molar-refractivity contribution in [2.45, 2.75) is 26.2 Å². The molecule has 0 amide bonds. The summed E-state index contributed by atoms with van der Waals surface area (Å²) in [7, 11) is 1.60. The maximum Gasteiger partial charge on any atom is 0.184 e. The van der Waals surface area contributed by atoms with Crippen LogP contribution in [0.2, 0.25) is 0 Å². The van der Waals surface area contributed by atoms with E-state index in [4.69, 9.17) is 32.2 Å². The lowest BCUT2D eigenvalue weighted by Crippen LogP contribution is -2.24. The van der Waals surface area contributed by atoms with E-state index in [1.807, 2.05) is 24.3 Å². The number of ether oxygens (including phenoxy) is 3. The number of halogens is 1. The van der Waals surface area contributed by atoms with E-state index in [0.717, 1.165) is 14.9 Å². The lowest BCUT2D eigenvalue weighted by molar-refractivity contribution is 0.210. The van der Waals surface area contributed by atoms with Gasteiger partial charge in [0, 0.05) is 0 Å². The third-order valence-corrected chi connectivity index (χ3v) is 4.85. The van der Waals surface area contributed by atoms with Crippen LogP contribution in [-0.2, 0) is 5.41 Å². The van der Waals surface area contributed by atoms with Gasteiger partial charge in [-0.25, -0.2) is 0 Å². The van der Waals surface area contributed by atoms with E-state index >= 15 is 0 Å². The number of benzene rings is 2. The largest absolute Gasteiger partial charge is 0.493 e. The molecule has 0 aliphatic rings. The number of rotatable bonds is 8. The van der Waals surface area contributed by atoms with E-state index in [2.05, 4.69) is 66.0 Å². The predicted octanol–water partition coefficient (Wildman–Crippen LogP) is 4.22. The van der Waals surface area contributed by atoms with Gasteiger partial charge in [-0.3, -0.25) is 5.43 Å². The van der Waals surface area contributed by atoms with Crippen molar-refractivity contribution < 1.29 is 14.2 Å². The van der Waals surface area contributed by atoms with Gasteiger partial charge in [-0.15, -0.1) is 0 Å². The SMILES string of the molecule is COc1cc(/C=N/NC(N)=S)cc(I)c1OCCOc1ccc(C(C)(C)C)cc1. The molecular formula is C21H26IN3O3S. The van der Waals surface area contributed by atoms with Crippen molar-refractivity contribution >= 4 is 46.1 Å². The molecule has 0 bridgehead atoms. The van der Waals surface area contributed by atoms with E-state index in [1.54, 1.807) is 13.3 Å². The molecular weight excluding hydrogens is 501 g/mol. The van der Waals surface area contributed by atoms with Gasteiger partial charge in [0.05, 0.1) is 16.9 Å². The molecule has 0 radical (unpaired) electrons. The Bertz CT molecular complexity index is 865. The smallest absolute Gasteiger partial charge is 0.184 e. The van der Waals surface area contributed by atoms with Crippen LogP contribution < -0.4 is 25.4 Å². The molecule has 0 aliphatic heterocycles. The van der Waals surface area contributed by atoms with Gasteiger partial charge >= 0.3 is 0 Å². The Hall–Kier alpha value is -2.07. The van der Waals surface area contributed by atoms with Crippen molar-refractivity contribution in [3.8, 4) is 17.2 Å². The second-order valence-corrected chi connectivity index (χ2v) is 8.84. The molecule has 2 aromatic carbocycles. The maximum absolute atomic E-state index is 5.90. The Balaban J connectivity index is 1.94. The van der Waals surface area contributed by atoms with Crippen molar-refractivity contribution in [2.24, 2.45) is 10.8 Å². The van der Waals surface area contributed by atoms with Crippen LogP contribution in [0.1, 0.15) is 31.9 Å². The lowest BCUT2D eigenvalue weighted by Gasteiger charge is -2.19. The summed E-state index contributed by atoms with van der Waals surface area (Å²) >= 11 is 6.91. The second-order valence-electron chi connectivity index (χ2n) is 7.24. The highest BCUT2D eigenvalue weighted by Gasteiger charge is 2.13. The van der Waals surface area contributed by atoms with Crippen LogP contribution in [0.15, 0.2) is 41.5 Å². The summed E-state index contributed by atoms with van der Waals surface area (Å²) in [5.41, 5.74) is 10.1. The van der Waals surface area contributed by atoms with Crippen LogP contribution in [0.4, 0.5) is 0 Å². The van der Waals surface area contributed by atoms with Crippen LogP contribution in [0.5, 0.6) is 17.2 Å². The Labute approximate surface area is 190 Å². The average Bonchev–Trinajstić information content (AvgIpc) is 2.65. The third-order valence-electron chi connectivity index (χ3n) is 3.96. The zero-order valence-corrected chi connectivity index (χ0v) is 20.0. The quantitative estimate of drug-likeness (QED) is 0.176. The summed E-state index contributed by atoms with van der Waals surface area (Å²) < 4.78 is 18.0. The maximum atomic E-state index is 5.90. The predicted molar refractivity (Wildman–Crippen MR) is 129 cm³/mol. The molecule has 0 saturated heterocycles. The number of nitrogens with two attached hydrogens (primary N) is 1. The molecule has 0 heterocycles. The van der Waals surface area contributed by atoms with Gasteiger partial charge in [0.15, 0.2) is 16.6 Å². The highest BCUT2D eigenvalue weighted by molar-refractivity contribution is 14.1. The van der Waals surface area contributed by atoms with Crippen molar-refractivity contribution in [3.05, 3.63) is 51.1 Å². The Kier molecular flexibility index (Phi) is 8.51. The molecule has 0 spiro atoms. The van der Waals surface area contributed by atoms with Gasteiger partial charge in [-0.1, -0.05) is 32.9 Å². The van der Waals surface area contributed by atoms with Gasteiger partial charge in [0.25, 0.3) is 0 Å². The first-order chi connectivity index (χ1) is 13.7. The molecule has 6 nitrogen and oxygen atoms in total. The number of thiocarbonyl (C=S) groups is 1. The van der Waals surface area contributed by atoms with E-state index in [-0.39, 0.29) is 10.5 Å². The van der Waals surface area contributed by atoms with Gasteiger partial charge in [-0.05, 0) is 75.6 Å². The summed E-state index contributed by atoms with van der Waals surface area (Å²) in [6, 6.07) is 11.9. The first kappa shape index (κ1) is 23.2. The molecule has 2 rings (SSSR count). The Morgan fingerprint density at radius 3 is 2.41 bits per heavy atom. The molecule has 3 N–H and O–H groups in total. The molecule has 0 saturated carbocycles. The number of nitrogens with one attached hydrogen (secondary N) is 1. The van der Waals surface area contributed by atoms with E-state index in [1.165, 1.54) is 5.56 Å². The van der Waals surface area contributed by atoms with Crippen molar-refractivity contribution in [2.75, 3.05) is 20.3 Å². The van der Waals surface area contributed by atoms with Crippen LogP contribution >= 0.6 is 34.8 Å². The number of hydrogen-bond acceptors (Lipinski definition) is 5. The summed E-state index contributed by atoms with van der Waals surface area (Å²) in [4.78, 5) is 0.